The number of thioether (sulfide) groups is 1. The number of nitrogens with one attached hydrogen (secondary N) is 1. The topological polar surface area (TPSA) is 81.4 Å². The number of hydrogen-bond donors (Lipinski definition) is 2. The summed E-state index contributed by atoms with van der Waals surface area (Å²) in [5.41, 5.74) is 6.90. The van der Waals surface area contributed by atoms with Crippen molar-refractivity contribution in [1.29, 1.82) is 0 Å². The van der Waals surface area contributed by atoms with Crippen LogP contribution < -0.4 is 11.1 Å². The van der Waals surface area contributed by atoms with E-state index in [2.05, 4.69) is 21.2 Å². The second-order valence-corrected chi connectivity index (χ2v) is 6.38. The van der Waals surface area contributed by atoms with Gasteiger partial charge in [-0.05, 0) is 42.7 Å². The van der Waals surface area contributed by atoms with Gasteiger partial charge in [-0.3, -0.25) is 4.79 Å². The highest BCUT2D eigenvalue weighted by Crippen LogP contribution is 2.20. The lowest BCUT2D eigenvalue weighted by Crippen LogP contribution is -2.21. The molecule has 0 atom stereocenters. The maximum absolute atomic E-state index is 12.0. The van der Waals surface area contributed by atoms with Crippen molar-refractivity contribution in [3.05, 3.63) is 52.5 Å². The molecule has 0 radical (unpaired) electrons. The van der Waals surface area contributed by atoms with Crippen LogP contribution in [0.4, 0.5) is 11.4 Å². The number of carbonyl (C=O) groups excluding carboxylic acids is 2. The molecule has 0 bridgehead atoms. The SMILES string of the molecule is CSc1cccc(NC(=O)COC(=O)c2cc(Br)ccc2N)c1. The highest BCUT2D eigenvalue weighted by Gasteiger charge is 2.14. The number of nitrogen functional groups attached to an aromatic ring is 1. The monoisotopic (exact) mass is 394 g/mol. The molecular weight excluding hydrogens is 380 g/mol. The zero-order chi connectivity index (χ0) is 16.8. The summed E-state index contributed by atoms with van der Waals surface area (Å²) in [4.78, 5) is 24.9. The van der Waals surface area contributed by atoms with E-state index in [9.17, 15) is 9.59 Å². The van der Waals surface area contributed by atoms with Gasteiger partial charge in [0.1, 0.15) is 0 Å². The van der Waals surface area contributed by atoms with E-state index in [4.69, 9.17) is 10.5 Å². The second kappa shape index (κ2) is 8.03. The Kier molecular flexibility index (Phi) is 6.06. The van der Waals surface area contributed by atoms with Gasteiger partial charge in [-0.25, -0.2) is 4.79 Å². The molecule has 0 fully saturated rings. The minimum Gasteiger partial charge on any atom is -0.452 e. The summed E-state index contributed by atoms with van der Waals surface area (Å²) < 4.78 is 5.70. The zero-order valence-corrected chi connectivity index (χ0v) is 14.7. The van der Waals surface area contributed by atoms with Gasteiger partial charge in [-0.2, -0.15) is 0 Å². The molecule has 0 aliphatic carbocycles. The maximum atomic E-state index is 12.0. The second-order valence-electron chi connectivity index (χ2n) is 4.59. The van der Waals surface area contributed by atoms with Gasteiger partial charge in [0.05, 0.1) is 5.56 Å². The Bertz CT molecular complexity index is 737. The van der Waals surface area contributed by atoms with E-state index < -0.39 is 11.9 Å². The molecule has 0 aromatic heterocycles. The molecule has 0 aliphatic heterocycles. The van der Waals surface area contributed by atoms with Crippen LogP contribution in [0.25, 0.3) is 0 Å². The van der Waals surface area contributed by atoms with Gasteiger partial charge < -0.3 is 15.8 Å². The van der Waals surface area contributed by atoms with Gasteiger partial charge in [-0.1, -0.05) is 22.0 Å². The van der Waals surface area contributed by atoms with Gasteiger partial charge in [0.25, 0.3) is 5.91 Å². The van der Waals surface area contributed by atoms with Crippen LogP contribution in [-0.4, -0.2) is 24.7 Å². The predicted octanol–water partition coefficient (Wildman–Crippen LogP) is 3.55. The quantitative estimate of drug-likeness (QED) is 0.460. The average Bonchev–Trinajstić information content (AvgIpc) is 2.55. The molecule has 0 saturated carbocycles. The van der Waals surface area contributed by atoms with Crippen molar-refractivity contribution in [1.82, 2.24) is 0 Å². The molecule has 0 aliphatic rings. The van der Waals surface area contributed by atoms with Gasteiger partial charge in [0.15, 0.2) is 6.61 Å². The molecule has 1 amide bonds. The van der Waals surface area contributed by atoms with E-state index in [1.807, 2.05) is 24.5 Å². The molecular formula is C16H15BrN2O3S. The van der Waals surface area contributed by atoms with E-state index in [0.717, 1.165) is 4.90 Å². The molecule has 2 aromatic rings. The van der Waals surface area contributed by atoms with Crippen LogP contribution in [0.15, 0.2) is 51.8 Å². The van der Waals surface area contributed by atoms with E-state index in [0.29, 0.717) is 15.8 Å². The van der Waals surface area contributed by atoms with Crippen molar-refractivity contribution >= 4 is 50.9 Å². The Morgan fingerprint density at radius 2 is 2.04 bits per heavy atom. The summed E-state index contributed by atoms with van der Waals surface area (Å²) in [5, 5.41) is 2.68. The lowest BCUT2D eigenvalue weighted by molar-refractivity contribution is -0.119. The number of ether oxygens (including phenoxy) is 1. The van der Waals surface area contributed by atoms with Crippen LogP contribution >= 0.6 is 27.7 Å². The zero-order valence-electron chi connectivity index (χ0n) is 12.3. The summed E-state index contributed by atoms with van der Waals surface area (Å²) in [6.45, 7) is -0.381. The Labute approximate surface area is 146 Å². The van der Waals surface area contributed by atoms with Crippen LogP contribution in [-0.2, 0) is 9.53 Å². The lowest BCUT2D eigenvalue weighted by atomic mass is 10.2. The Morgan fingerprint density at radius 1 is 1.26 bits per heavy atom. The highest BCUT2D eigenvalue weighted by molar-refractivity contribution is 9.10. The fraction of sp³-hybridized carbons (Fsp3) is 0.125. The van der Waals surface area contributed by atoms with Crippen LogP contribution in [0.5, 0.6) is 0 Å². The van der Waals surface area contributed by atoms with Crippen molar-refractivity contribution in [3.8, 4) is 0 Å². The number of esters is 1. The number of anilines is 2. The Morgan fingerprint density at radius 3 is 2.78 bits per heavy atom. The first-order chi connectivity index (χ1) is 11.0. The van der Waals surface area contributed by atoms with Crippen molar-refractivity contribution in [3.63, 3.8) is 0 Å². The number of rotatable bonds is 5. The lowest BCUT2D eigenvalue weighted by Gasteiger charge is -2.09. The summed E-state index contributed by atoms with van der Waals surface area (Å²) in [6, 6.07) is 12.3. The van der Waals surface area contributed by atoms with Crippen molar-refractivity contribution in [2.24, 2.45) is 0 Å². The number of benzene rings is 2. The van der Waals surface area contributed by atoms with Crippen LogP contribution in [0.3, 0.4) is 0 Å². The molecule has 0 saturated heterocycles. The Balaban J connectivity index is 1.93. The normalized spacial score (nSPS) is 10.2. The Hall–Kier alpha value is -1.99. The van der Waals surface area contributed by atoms with Crippen LogP contribution in [0, 0.1) is 0 Å². The third-order valence-electron chi connectivity index (χ3n) is 2.92. The van der Waals surface area contributed by atoms with Crippen LogP contribution in [0.2, 0.25) is 0 Å². The highest BCUT2D eigenvalue weighted by atomic mass is 79.9. The number of halogens is 1. The molecule has 0 heterocycles. The summed E-state index contributed by atoms with van der Waals surface area (Å²) in [6.07, 6.45) is 1.95. The smallest absolute Gasteiger partial charge is 0.340 e. The van der Waals surface area contributed by atoms with E-state index in [-0.39, 0.29) is 12.2 Å². The van der Waals surface area contributed by atoms with Gasteiger partial charge in [0, 0.05) is 20.7 Å². The van der Waals surface area contributed by atoms with Gasteiger partial charge >= 0.3 is 5.97 Å². The molecule has 7 heteroatoms. The van der Waals surface area contributed by atoms with Crippen molar-refractivity contribution in [2.45, 2.75) is 4.90 Å². The first-order valence-corrected chi connectivity index (χ1v) is 8.67. The minimum atomic E-state index is -0.642. The first kappa shape index (κ1) is 17.4. The molecule has 0 unspecified atom stereocenters. The van der Waals surface area contributed by atoms with Crippen LogP contribution in [0.1, 0.15) is 10.4 Å². The average molecular weight is 395 g/mol. The predicted molar refractivity (Wildman–Crippen MR) is 95.7 cm³/mol. The van der Waals surface area contributed by atoms with E-state index >= 15 is 0 Å². The molecule has 23 heavy (non-hydrogen) atoms. The van der Waals surface area contributed by atoms with Crippen molar-refractivity contribution in [2.75, 3.05) is 23.9 Å². The number of hydrogen-bond acceptors (Lipinski definition) is 5. The third-order valence-corrected chi connectivity index (χ3v) is 4.14. The van der Waals surface area contributed by atoms with E-state index in [1.165, 1.54) is 0 Å². The summed E-state index contributed by atoms with van der Waals surface area (Å²) in [7, 11) is 0. The molecule has 2 aromatic carbocycles. The molecule has 3 N–H and O–H groups in total. The summed E-state index contributed by atoms with van der Waals surface area (Å²) >= 11 is 4.83. The van der Waals surface area contributed by atoms with Gasteiger partial charge in [0.2, 0.25) is 0 Å². The first-order valence-electron chi connectivity index (χ1n) is 6.65. The molecule has 5 nitrogen and oxygen atoms in total. The third kappa shape index (κ3) is 5.01. The fourth-order valence-corrected chi connectivity index (χ4v) is 2.63. The summed E-state index contributed by atoms with van der Waals surface area (Å²) in [5.74, 6) is -1.05. The number of carbonyl (C=O) groups is 2. The number of nitrogens with two attached hydrogens (primary N) is 1. The van der Waals surface area contributed by atoms with Gasteiger partial charge in [-0.15, -0.1) is 11.8 Å². The molecule has 2 rings (SSSR count). The van der Waals surface area contributed by atoms with Crippen molar-refractivity contribution < 1.29 is 14.3 Å². The van der Waals surface area contributed by atoms with E-state index in [1.54, 1.807) is 36.0 Å². The minimum absolute atomic E-state index is 0.219. The molecule has 120 valence electrons. The maximum Gasteiger partial charge on any atom is 0.340 e. The fourth-order valence-electron chi connectivity index (χ4n) is 1.81. The number of amides is 1. The standard InChI is InChI=1S/C16H15BrN2O3S/c1-23-12-4-2-3-11(8-12)19-15(20)9-22-16(21)13-7-10(17)5-6-14(13)18/h2-8H,9,18H2,1H3,(H,19,20). The largest absolute Gasteiger partial charge is 0.452 e. The molecule has 0 spiro atoms.